The van der Waals surface area contributed by atoms with Crippen LogP contribution in [0.2, 0.25) is 5.02 Å². The van der Waals surface area contributed by atoms with E-state index in [0.29, 0.717) is 29.4 Å². The number of carbonyl (C=O) groups excluding carboxylic acids is 1. The van der Waals surface area contributed by atoms with Crippen LogP contribution in [-0.2, 0) is 6.54 Å². The predicted octanol–water partition coefficient (Wildman–Crippen LogP) is 2.94. The number of amides is 1. The molecule has 0 spiro atoms. The van der Waals surface area contributed by atoms with Gasteiger partial charge in [-0.3, -0.25) is 10.1 Å². The molecule has 1 amide bonds. The zero-order valence-corrected chi connectivity index (χ0v) is 15.5. The van der Waals surface area contributed by atoms with Gasteiger partial charge in [0.25, 0.3) is 5.91 Å². The van der Waals surface area contributed by atoms with Crippen molar-refractivity contribution in [1.82, 2.24) is 10.2 Å². The van der Waals surface area contributed by atoms with Crippen LogP contribution in [0.15, 0.2) is 42.5 Å². The molecule has 0 aromatic heterocycles. The van der Waals surface area contributed by atoms with Crippen LogP contribution >= 0.6 is 11.6 Å². The first-order valence-corrected chi connectivity index (χ1v) is 9.16. The average Bonchev–Trinajstić information content (AvgIpc) is 3.12. The summed E-state index contributed by atoms with van der Waals surface area (Å²) >= 11 is 6.17. The Balaban J connectivity index is 1.67. The number of nitrogens with zero attached hydrogens (tertiary/aromatic N) is 1. The number of aliphatic hydroxyl groups excluding tert-OH is 1. The molecule has 2 aromatic rings. The molecule has 2 aromatic carbocycles. The Morgan fingerprint density at radius 1 is 1.35 bits per heavy atom. The highest BCUT2D eigenvalue weighted by Gasteiger charge is 2.34. The number of aliphatic hydroxyl groups is 1. The largest absolute Gasteiger partial charge is 0.399 e. The number of aryl methyl sites for hydroxylation is 1. The van der Waals surface area contributed by atoms with Crippen LogP contribution in [-0.4, -0.2) is 34.7 Å². The van der Waals surface area contributed by atoms with Crippen LogP contribution in [0.4, 0.5) is 5.69 Å². The van der Waals surface area contributed by atoms with Gasteiger partial charge >= 0.3 is 0 Å². The van der Waals surface area contributed by atoms with Gasteiger partial charge in [-0.1, -0.05) is 41.4 Å². The van der Waals surface area contributed by atoms with Crippen LogP contribution in [0.25, 0.3) is 0 Å². The molecule has 1 aliphatic heterocycles. The van der Waals surface area contributed by atoms with Crippen molar-refractivity contribution in [1.29, 1.82) is 0 Å². The Kier molecular flexibility index (Phi) is 5.81. The van der Waals surface area contributed by atoms with Gasteiger partial charge in [-0.15, -0.1) is 0 Å². The average molecular weight is 374 g/mol. The highest BCUT2D eigenvalue weighted by Crippen LogP contribution is 2.26. The van der Waals surface area contributed by atoms with Crippen LogP contribution < -0.4 is 11.1 Å². The highest BCUT2D eigenvalue weighted by atomic mass is 35.5. The van der Waals surface area contributed by atoms with E-state index in [9.17, 15) is 9.90 Å². The van der Waals surface area contributed by atoms with Crippen LogP contribution in [0, 0.1) is 6.92 Å². The molecule has 2 atom stereocenters. The van der Waals surface area contributed by atoms with E-state index in [1.807, 2.05) is 31.2 Å². The monoisotopic (exact) mass is 373 g/mol. The first-order valence-electron chi connectivity index (χ1n) is 8.78. The Bertz CT molecular complexity index is 779. The lowest BCUT2D eigenvalue weighted by Crippen LogP contribution is -2.49. The Hall–Kier alpha value is -2.08. The predicted molar refractivity (Wildman–Crippen MR) is 104 cm³/mol. The number of anilines is 1. The number of nitrogens with one attached hydrogen (secondary N) is 1. The summed E-state index contributed by atoms with van der Waals surface area (Å²) in [6.45, 7) is 3.17. The van der Waals surface area contributed by atoms with Crippen molar-refractivity contribution in [2.45, 2.75) is 38.6 Å². The minimum atomic E-state index is -0.803. The molecule has 0 aliphatic carbocycles. The Morgan fingerprint density at radius 2 is 2.08 bits per heavy atom. The van der Waals surface area contributed by atoms with Crippen molar-refractivity contribution >= 4 is 23.2 Å². The van der Waals surface area contributed by atoms with Crippen LogP contribution in [0.1, 0.15) is 34.3 Å². The van der Waals surface area contributed by atoms with Crippen molar-refractivity contribution in [3.05, 3.63) is 64.2 Å². The van der Waals surface area contributed by atoms with Gasteiger partial charge in [-0.25, -0.2) is 0 Å². The SMILES string of the molecule is Cc1ccc(CNC(O)[C@@H]2CCCN2C(=O)c2cc(N)ccc2Cl)cc1. The zero-order valence-electron chi connectivity index (χ0n) is 14.8. The second kappa shape index (κ2) is 8.08. The lowest BCUT2D eigenvalue weighted by Gasteiger charge is -2.29. The van der Waals surface area contributed by atoms with Crippen LogP contribution in [0.3, 0.4) is 0 Å². The molecule has 1 aliphatic rings. The first-order chi connectivity index (χ1) is 12.5. The minimum Gasteiger partial charge on any atom is -0.399 e. The number of nitrogens with two attached hydrogens (primary N) is 1. The van der Waals surface area contributed by atoms with Crippen molar-refractivity contribution in [2.75, 3.05) is 12.3 Å². The molecule has 6 heteroatoms. The van der Waals surface area contributed by atoms with Gasteiger partial charge in [-0.05, 0) is 43.5 Å². The summed E-state index contributed by atoms with van der Waals surface area (Å²) in [6, 6.07) is 12.7. The number of benzene rings is 2. The fraction of sp³-hybridized carbons (Fsp3) is 0.350. The van der Waals surface area contributed by atoms with E-state index in [0.717, 1.165) is 18.4 Å². The Morgan fingerprint density at radius 3 is 2.81 bits per heavy atom. The molecule has 0 radical (unpaired) electrons. The third kappa shape index (κ3) is 4.18. The van der Waals surface area contributed by atoms with Gasteiger partial charge in [0.05, 0.1) is 16.6 Å². The van der Waals surface area contributed by atoms with Gasteiger partial charge in [-0.2, -0.15) is 0 Å². The summed E-state index contributed by atoms with van der Waals surface area (Å²) in [6.07, 6.45) is 0.787. The quantitative estimate of drug-likeness (QED) is 0.556. The number of likely N-dealkylation sites (tertiary alicyclic amines) is 1. The summed E-state index contributed by atoms with van der Waals surface area (Å²) < 4.78 is 0. The lowest BCUT2D eigenvalue weighted by molar-refractivity contribution is 0.0358. The van der Waals surface area contributed by atoms with Crippen molar-refractivity contribution in [2.24, 2.45) is 0 Å². The Labute approximate surface area is 158 Å². The van der Waals surface area contributed by atoms with Crippen molar-refractivity contribution in [3.63, 3.8) is 0 Å². The zero-order chi connectivity index (χ0) is 18.7. The number of nitrogen functional groups attached to an aromatic ring is 1. The van der Waals surface area contributed by atoms with E-state index in [4.69, 9.17) is 17.3 Å². The lowest BCUT2D eigenvalue weighted by atomic mass is 10.1. The number of hydrogen-bond acceptors (Lipinski definition) is 4. The molecule has 1 fully saturated rings. The van der Waals surface area contributed by atoms with Gasteiger partial charge in [0.15, 0.2) is 0 Å². The van der Waals surface area contributed by atoms with Crippen molar-refractivity contribution < 1.29 is 9.90 Å². The van der Waals surface area contributed by atoms with Gasteiger partial charge in [0.1, 0.15) is 6.23 Å². The van der Waals surface area contributed by atoms with Crippen molar-refractivity contribution in [3.8, 4) is 0 Å². The molecular weight excluding hydrogens is 350 g/mol. The smallest absolute Gasteiger partial charge is 0.255 e. The second-order valence-electron chi connectivity index (χ2n) is 6.76. The van der Waals surface area contributed by atoms with E-state index in [1.54, 1.807) is 23.1 Å². The molecule has 3 rings (SSSR count). The fourth-order valence-corrected chi connectivity index (χ4v) is 3.50. The molecule has 4 N–H and O–H groups in total. The van der Waals surface area contributed by atoms with E-state index >= 15 is 0 Å². The van der Waals surface area contributed by atoms with E-state index < -0.39 is 6.23 Å². The van der Waals surface area contributed by atoms with Gasteiger partial charge in [0, 0.05) is 18.8 Å². The maximum absolute atomic E-state index is 12.9. The molecule has 26 heavy (non-hydrogen) atoms. The summed E-state index contributed by atoms with van der Waals surface area (Å²) in [5.41, 5.74) is 8.94. The maximum atomic E-state index is 12.9. The standard InChI is InChI=1S/C20H24ClN3O2/c1-13-4-6-14(7-5-13)12-23-19(25)18-3-2-10-24(18)20(26)16-11-15(22)8-9-17(16)21/h4-9,11,18-19,23,25H,2-3,10,12,22H2,1H3/t18-,19?/m0/s1. The normalized spacial score (nSPS) is 18.1. The molecule has 1 heterocycles. The number of carbonyl (C=O) groups is 1. The molecular formula is C20H24ClN3O2. The second-order valence-corrected chi connectivity index (χ2v) is 7.17. The number of halogens is 1. The van der Waals surface area contributed by atoms with E-state index in [2.05, 4.69) is 5.32 Å². The molecule has 0 bridgehead atoms. The number of hydrogen-bond donors (Lipinski definition) is 3. The third-order valence-corrected chi connectivity index (χ3v) is 5.11. The molecule has 1 saturated heterocycles. The summed E-state index contributed by atoms with van der Waals surface area (Å²) in [4.78, 5) is 14.6. The topological polar surface area (TPSA) is 78.6 Å². The van der Waals surface area contributed by atoms with E-state index in [1.165, 1.54) is 5.56 Å². The fourth-order valence-electron chi connectivity index (χ4n) is 3.30. The van der Waals surface area contributed by atoms with E-state index in [-0.39, 0.29) is 11.9 Å². The molecule has 5 nitrogen and oxygen atoms in total. The van der Waals surface area contributed by atoms with Gasteiger partial charge < -0.3 is 15.7 Å². The minimum absolute atomic E-state index is 0.194. The molecule has 1 unspecified atom stereocenters. The molecule has 138 valence electrons. The third-order valence-electron chi connectivity index (χ3n) is 4.78. The summed E-state index contributed by atoms with van der Waals surface area (Å²) in [7, 11) is 0. The maximum Gasteiger partial charge on any atom is 0.255 e. The first kappa shape index (κ1) is 18.7. The summed E-state index contributed by atoms with van der Waals surface area (Å²) in [5, 5.41) is 14.1. The highest BCUT2D eigenvalue weighted by molar-refractivity contribution is 6.34. The molecule has 0 saturated carbocycles. The van der Waals surface area contributed by atoms with Crippen LogP contribution in [0.5, 0.6) is 0 Å². The van der Waals surface area contributed by atoms with Gasteiger partial charge in [0.2, 0.25) is 0 Å². The summed E-state index contributed by atoms with van der Waals surface area (Å²) in [5.74, 6) is -0.194. The number of rotatable bonds is 5.